The predicted octanol–water partition coefficient (Wildman–Crippen LogP) is 4.14. The number of nitrogens with one attached hydrogen (secondary N) is 1. The lowest BCUT2D eigenvalue weighted by molar-refractivity contribution is -0.137. The number of nitrogens with zero attached hydrogens (tertiary/aromatic N) is 2. The molecule has 2 N–H and O–H groups in total. The van der Waals surface area contributed by atoms with Gasteiger partial charge in [0.1, 0.15) is 0 Å². The fourth-order valence-electron chi connectivity index (χ4n) is 5.00. The molecule has 11 heteroatoms. The van der Waals surface area contributed by atoms with Crippen molar-refractivity contribution in [1.29, 1.82) is 0 Å². The van der Waals surface area contributed by atoms with Crippen molar-refractivity contribution in [2.75, 3.05) is 6.79 Å². The van der Waals surface area contributed by atoms with Crippen LogP contribution >= 0.6 is 0 Å². The van der Waals surface area contributed by atoms with Crippen molar-refractivity contribution in [1.82, 2.24) is 15.1 Å². The van der Waals surface area contributed by atoms with Crippen molar-refractivity contribution in [3.63, 3.8) is 0 Å². The van der Waals surface area contributed by atoms with Gasteiger partial charge in [0, 0.05) is 12.0 Å². The molecule has 37 heavy (non-hydrogen) atoms. The Kier molecular flexibility index (Phi) is 6.30. The van der Waals surface area contributed by atoms with Gasteiger partial charge in [-0.2, -0.15) is 18.3 Å². The van der Waals surface area contributed by atoms with Crippen LogP contribution in [-0.2, 0) is 24.7 Å². The molecule has 2 aromatic carbocycles. The molecule has 1 aromatic heterocycles. The van der Waals surface area contributed by atoms with Crippen LogP contribution in [0.1, 0.15) is 52.9 Å². The van der Waals surface area contributed by atoms with E-state index in [1.165, 1.54) is 10.7 Å². The molecule has 194 valence electrons. The average molecular weight is 515 g/mol. The van der Waals surface area contributed by atoms with Crippen molar-refractivity contribution in [3.8, 4) is 17.2 Å². The third-order valence-electron chi connectivity index (χ3n) is 6.88. The lowest BCUT2D eigenvalue weighted by Crippen LogP contribution is -2.34. The van der Waals surface area contributed by atoms with E-state index in [0.717, 1.165) is 31.2 Å². The van der Waals surface area contributed by atoms with Gasteiger partial charge in [-0.15, -0.1) is 0 Å². The summed E-state index contributed by atoms with van der Waals surface area (Å²) in [5.74, 6) is -0.317. The molecule has 3 aromatic rings. The van der Waals surface area contributed by atoms with E-state index < -0.39 is 39.9 Å². The van der Waals surface area contributed by atoms with Crippen molar-refractivity contribution in [3.05, 3.63) is 81.3 Å². The molecule has 1 aliphatic carbocycles. The standard InChI is InChI=1S/C26H24F3N3O5/c27-26(28,29)18-5-3-4-17(11-18)25(8-1-2-9-25)14-32-13-19(33)23(34)22(31-32)24(35)30-12-16-6-7-20-21(10-16)37-15-36-20/h3-7,10-11,13,33H,1-2,8-9,12,14-15H2,(H,30,35). The average Bonchev–Trinajstić information content (AvgIpc) is 3.54. The summed E-state index contributed by atoms with van der Waals surface area (Å²) >= 11 is 0. The van der Waals surface area contributed by atoms with Crippen LogP contribution in [0.15, 0.2) is 53.5 Å². The van der Waals surface area contributed by atoms with E-state index in [9.17, 15) is 27.9 Å². The molecule has 0 unspecified atom stereocenters. The molecule has 1 aliphatic heterocycles. The van der Waals surface area contributed by atoms with Crippen LogP contribution in [0.5, 0.6) is 17.2 Å². The number of aromatic hydroxyl groups is 1. The van der Waals surface area contributed by atoms with E-state index >= 15 is 0 Å². The number of rotatable bonds is 6. The number of ether oxygens (including phenoxy) is 2. The zero-order valence-electron chi connectivity index (χ0n) is 19.7. The second kappa shape index (κ2) is 9.45. The molecule has 8 nitrogen and oxygen atoms in total. The Balaban J connectivity index is 1.39. The lowest BCUT2D eigenvalue weighted by atomic mass is 9.78. The monoisotopic (exact) mass is 515 g/mol. The molecule has 0 spiro atoms. The SMILES string of the molecule is O=C(NCc1ccc2c(c1)OCO2)c1nn(CC2(c3cccc(C(F)(F)F)c3)CCCC2)cc(O)c1=O. The first-order chi connectivity index (χ1) is 17.6. The fraction of sp³-hybridized carbons (Fsp3) is 0.346. The summed E-state index contributed by atoms with van der Waals surface area (Å²) in [4.78, 5) is 25.4. The maximum atomic E-state index is 13.4. The highest BCUT2D eigenvalue weighted by Gasteiger charge is 2.39. The van der Waals surface area contributed by atoms with Crippen LogP contribution in [0.4, 0.5) is 13.2 Å². The largest absolute Gasteiger partial charge is 0.503 e. The number of carbonyl (C=O) groups is 1. The van der Waals surface area contributed by atoms with Gasteiger partial charge in [0.2, 0.25) is 6.79 Å². The summed E-state index contributed by atoms with van der Waals surface area (Å²) in [5, 5.41) is 17.1. The fourth-order valence-corrected chi connectivity index (χ4v) is 5.00. The maximum Gasteiger partial charge on any atom is 0.416 e. The molecular formula is C26H24F3N3O5. The first kappa shape index (κ1) is 24.7. The highest BCUT2D eigenvalue weighted by atomic mass is 19.4. The third-order valence-corrected chi connectivity index (χ3v) is 6.88. The second-order valence-electron chi connectivity index (χ2n) is 9.33. The molecule has 1 fully saturated rings. The maximum absolute atomic E-state index is 13.4. The molecule has 1 amide bonds. The van der Waals surface area contributed by atoms with E-state index in [0.29, 0.717) is 35.5 Å². The molecule has 2 heterocycles. The van der Waals surface area contributed by atoms with Crippen LogP contribution in [-0.4, -0.2) is 27.6 Å². The Hall–Kier alpha value is -4.02. The Morgan fingerprint density at radius 2 is 1.86 bits per heavy atom. The van der Waals surface area contributed by atoms with E-state index in [4.69, 9.17) is 9.47 Å². The Morgan fingerprint density at radius 1 is 1.11 bits per heavy atom. The Bertz CT molecular complexity index is 1400. The van der Waals surface area contributed by atoms with Crippen molar-refractivity contribution in [2.24, 2.45) is 0 Å². The first-order valence-electron chi connectivity index (χ1n) is 11.8. The third kappa shape index (κ3) is 4.98. The van der Waals surface area contributed by atoms with Crippen molar-refractivity contribution < 1.29 is 32.5 Å². The minimum atomic E-state index is -4.48. The van der Waals surface area contributed by atoms with Gasteiger partial charge in [-0.05, 0) is 42.2 Å². The summed E-state index contributed by atoms with van der Waals surface area (Å²) in [6.45, 7) is 0.283. The van der Waals surface area contributed by atoms with Crippen molar-refractivity contribution >= 4 is 5.91 Å². The predicted molar refractivity (Wildman–Crippen MR) is 125 cm³/mol. The van der Waals surface area contributed by atoms with Gasteiger partial charge in [0.05, 0.1) is 18.3 Å². The summed E-state index contributed by atoms with van der Waals surface area (Å²) in [6, 6.07) is 10.4. The van der Waals surface area contributed by atoms with Gasteiger partial charge in [-0.1, -0.05) is 37.1 Å². The zero-order chi connectivity index (χ0) is 26.2. The number of hydrogen-bond donors (Lipinski definition) is 2. The number of aromatic nitrogens is 2. The Morgan fingerprint density at radius 3 is 2.62 bits per heavy atom. The summed E-state index contributed by atoms with van der Waals surface area (Å²) in [6.07, 6.45) is -0.531. The Labute approximate surface area is 209 Å². The number of carbonyl (C=O) groups excluding carboxylic acids is 1. The number of fused-ring (bicyclic) bond motifs is 1. The van der Waals surface area contributed by atoms with Gasteiger partial charge >= 0.3 is 6.18 Å². The number of amides is 1. The van der Waals surface area contributed by atoms with Gasteiger partial charge in [0.25, 0.3) is 11.3 Å². The highest BCUT2D eigenvalue weighted by molar-refractivity contribution is 5.92. The van der Waals surface area contributed by atoms with Crippen LogP contribution < -0.4 is 20.2 Å². The van der Waals surface area contributed by atoms with Crippen LogP contribution in [0.2, 0.25) is 0 Å². The number of hydrogen-bond acceptors (Lipinski definition) is 6. The molecule has 0 radical (unpaired) electrons. The molecule has 2 aliphatic rings. The quantitative estimate of drug-likeness (QED) is 0.512. The summed E-state index contributed by atoms with van der Waals surface area (Å²) < 4.78 is 51.9. The summed E-state index contributed by atoms with van der Waals surface area (Å²) in [5.41, 5.74) is -1.65. The van der Waals surface area contributed by atoms with Gasteiger partial charge in [-0.25, -0.2) is 0 Å². The molecule has 0 atom stereocenters. The van der Waals surface area contributed by atoms with E-state index in [-0.39, 0.29) is 19.9 Å². The van der Waals surface area contributed by atoms with Gasteiger partial charge in [-0.3, -0.25) is 14.3 Å². The minimum absolute atomic E-state index is 0.0699. The molecule has 1 saturated carbocycles. The smallest absolute Gasteiger partial charge is 0.416 e. The van der Waals surface area contributed by atoms with Crippen LogP contribution in [0.3, 0.4) is 0 Å². The topological polar surface area (TPSA) is 103 Å². The lowest BCUT2D eigenvalue weighted by Gasteiger charge is -2.31. The molecular weight excluding hydrogens is 491 g/mol. The van der Waals surface area contributed by atoms with Gasteiger partial charge < -0.3 is 19.9 Å². The van der Waals surface area contributed by atoms with E-state index in [2.05, 4.69) is 10.4 Å². The molecule has 0 bridgehead atoms. The van der Waals surface area contributed by atoms with E-state index in [1.807, 2.05) is 0 Å². The van der Waals surface area contributed by atoms with Crippen LogP contribution in [0.25, 0.3) is 0 Å². The summed E-state index contributed by atoms with van der Waals surface area (Å²) in [7, 11) is 0. The van der Waals surface area contributed by atoms with Crippen molar-refractivity contribution in [2.45, 2.75) is 50.4 Å². The normalized spacial score (nSPS) is 16.1. The number of halogens is 3. The van der Waals surface area contributed by atoms with E-state index in [1.54, 1.807) is 24.3 Å². The molecule has 0 saturated heterocycles. The van der Waals surface area contributed by atoms with Crippen LogP contribution in [0, 0.1) is 0 Å². The number of alkyl halides is 3. The highest BCUT2D eigenvalue weighted by Crippen LogP contribution is 2.44. The minimum Gasteiger partial charge on any atom is -0.503 e. The number of benzene rings is 2. The second-order valence-corrected chi connectivity index (χ2v) is 9.33. The molecule has 5 rings (SSSR count). The zero-order valence-corrected chi connectivity index (χ0v) is 19.7. The van der Waals surface area contributed by atoms with Gasteiger partial charge in [0.15, 0.2) is 22.9 Å². The first-order valence-corrected chi connectivity index (χ1v) is 11.8.